The summed E-state index contributed by atoms with van der Waals surface area (Å²) in [5, 5.41) is 30.4. The molecule has 10 nitrogen and oxygen atoms in total. The quantitative estimate of drug-likeness (QED) is 0.221. The summed E-state index contributed by atoms with van der Waals surface area (Å²) in [4.78, 5) is 16.8. The van der Waals surface area contributed by atoms with Crippen LogP contribution >= 0.6 is 23.2 Å². The van der Waals surface area contributed by atoms with Gasteiger partial charge >= 0.3 is 0 Å². The van der Waals surface area contributed by atoms with Gasteiger partial charge in [0.25, 0.3) is 12.0 Å². The fourth-order valence-corrected chi connectivity index (χ4v) is 2.99. The molecule has 6 N–H and O–H groups in total. The number of H-pyrrole nitrogens is 1. The van der Waals surface area contributed by atoms with Crippen molar-refractivity contribution in [2.24, 2.45) is 0 Å². The summed E-state index contributed by atoms with van der Waals surface area (Å²) in [7, 11) is 0. The highest BCUT2D eigenvalue weighted by atomic mass is 35.5. The number of nitrogens with zero attached hydrogens (tertiary/aromatic N) is 2. The van der Waals surface area contributed by atoms with Crippen LogP contribution in [0.15, 0.2) is 17.1 Å². The highest BCUT2D eigenvalue weighted by Crippen LogP contribution is 2.36. The van der Waals surface area contributed by atoms with Gasteiger partial charge in [-0.15, -0.1) is 0 Å². The molecule has 0 aliphatic heterocycles. The van der Waals surface area contributed by atoms with Crippen LogP contribution in [0, 0.1) is 11.3 Å². The Labute approximate surface area is 169 Å². The van der Waals surface area contributed by atoms with Gasteiger partial charge in [-0.1, -0.05) is 17.5 Å². The van der Waals surface area contributed by atoms with Crippen molar-refractivity contribution in [1.82, 2.24) is 14.5 Å². The van der Waals surface area contributed by atoms with Crippen LogP contribution in [0.3, 0.4) is 0 Å². The van der Waals surface area contributed by atoms with Gasteiger partial charge in [0, 0.05) is 11.6 Å². The van der Waals surface area contributed by atoms with Crippen molar-refractivity contribution in [1.29, 1.82) is 0 Å². The highest BCUT2D eigenvalue weighted by molar-refractivity contribution is 6.32. The first-order valence-corrected chi connectivity index (χ1v) is 8.85. The van der Waals surface area contributed by atoms with Gasteiger partial charge in [-0.3, -0.25) is 9.78 Å². The Morgan fingerprint density at radius 1 is 1.43 bits per heavy atom. The van der Waals surface area contributed by atoms with Crippen LogP contribution in [0.4, 0.5) is 5.95 Å². The van der Waals surface area contributed by atoms with Crippen LogP contribution in [0.5, 0.6) is 0 Å². The monoisotopic (exact) mass is 434 g/mol. The maximum Gasteiger partial charge on any atom is 0.266 e. The molecule has 0 aliphatic carbocycles. The number of aliphatic hydroxyl groups is 3. The van der Waals surface area contributed by atoms with E-state index in [9.17, 15) is 9.90 Å². The molecule has 0 aliphatic rings. The number of anilines is 1. The molecule has 12 heteroatoms. The average molecular weight is 435 g/mol. The Balaban J connectivity index is 2.55. The average Bonchev–Trinajstić information content (AvgIpc) is 2.98. The zero-order valence-electron chi connectivity index (χ0n) is 15.0. The molecular weight excluding hydrogens is 415 g/mol. The van der Waals surface area contributed by atoms with E-state index in [0.29, 0.717) is 0 Å². The lowest BCUT2D eigenvalue weighted by atomic mass is 10.0. The standard InChI is InChI=1S/C16H20Cl2N4O6/c1-8(28-15(25)26)7-27-13(16(18,4-5-17)9(2)23)22-6-3-10-11(22)20-14(19)21-12(10)24/h3,6,8-9,13,15,23,25-26H,7H2,1-2H3,(H3,19,20,21,24)/t8-,9?,13+,16?/m0/s1. The first kappa shape index (κ1) is 22.4. The third-order valence-corrected chi connectivity index (χ3v) is 4.59. The number of aliphatic hydroxyl groups excluding tert-OH is 2. The number of aromatic amines is 1. The zero-order valence-corrected chi connectivity index (χ0v) is 16.5. The molecule has 0 spiro atoms. The maximum atomic E-state index is 12.1. The number of hydrogen-bond donors (Lipinski definition) is 5. The minimum absolute atomic E-state index is 0.128. The van der Waals surface area contributed by atoms with Gasteiger partial charge in [0.15, 0.2) is 16.7 Å². The molecule has 0 aromatic carbocycles. The number of rotatable bonds is 8. The predicted octanol–water partition coefficient (Wildman–Crippen LogP) is 0.0534. The van der Waals surface area contributed by atoms with E-state index >= 15 is 0 Å². The summed E-state index contributed by atoms with van der Waals surface area (Å²) in [5.74, 6) is 2.38. The molecule has 0 amide bonds. The van der Waals surface area contributed by atoms with Gasteiger partial charge < -0.3 is 35.1 Å². The minimum atomic E-state index is -2.00. The Morgan fingerprint density at radius 2 is 2.11 bits per heavy atom. The first-order chi connectivity index (χ1) is 13.1. The molecule has 154 valence electrons. The predicted molar refractivity (Wildman–Crippen MR) is 102 cm³/mol. The van der Waals surface area contributed by atoms with Gasteiger partial charge in [-0.05, 0) is 31.5 Å². The SMILES string of the molecule is CC(O)C(Cl)(C#CCl)[C@@H](OC[C@H](C)OC(O)O)n1ccc2c(=O)[nH]c(N)nc21. The number of nitrogens with two attached hydrogens (primary N) is 1. The third-order valence-electron chi connectivity index (χ3n) is 3.90. The lowest BCUT2D eigenvalue weighted by molar-refractivity contribution is -0.262. The number of aromatic nitrogens is 3. The van der Waals surface area contributed by atoms with Crippen molar-refractivity contribution in [3.8, 4) is 11.3 Å². The van der Waals surface area contributed by atoms with Crippen LogP contribution in [-0.2, 0) is 9.47 Å². The summed E-state index contributed by atoms with van der Waals surface area (Å²) in [6.07, 6.45) is -1.72. The normalized spacial score (nSPS) is 17.0. The molecule has 0 fully saturated rings. The van der Waals surface area contributed by atoms with Crippen molar-refractivity contribution >= 4 is 40.2 Å². The lowest BCUT2D eigenvalue weighted by Crippen LogP contribution is -2.44. The Bertz CT molecular complexity index is 935. The molecule has 4 atom stereocenters. The Hall–Kier alpha value is -1.84. The molecule has 2 unspecified atom stereocenters. The largest absolute Gasteiger partial charge is 0.390 e. The van der Waals surface area contributed by atoms with Crippen LogP contribution < -0.4 is 11.3 Å². The summed E-state index contributed by atoms with van der Waals surface area (Å²) in [5.41, 5.74) is 5.30. The van der Waals surface area contributed by atoms with Crippen LogP contribution in [-0.4, -0.2) is 60.0 Å². The fourth-order valence-electron chi connectivity index (χ4n) is 2.57. The summed E-state index contributed by atoms with van der Waals surface area (Å²) in [6.45, 7) is 0.745. The van der Waals surface area contributed by atoms with Crippen molar-refractivity contribution in [2.75, 3.05) is 12.3 Å². The lowest BCUT2D eigenvalue weighted by Gasteiger charge is -2.35. The summed E-state index contributed by atoms with van der Waals surface area (Å²) >= 11 is 12.1. The van der Waals surface area contributed by atoms with E-state index in [1.807, 2.05) is 0 Å². The smallest absolute Gasteiger partial charge is 0.266 e. The Morgan fingerprint density at radius 3 is 2.68 bits per heavy atom. The number of halogens is 2. The van der Waals surface area contributed by atoms with E-state index in [1.54, 1.807) is 0 Å². The molecule has 0 radical (unpaired) electrons. The number of alkyl halides is 1. The zero-order chi connectivity index (χ0) is 21.1. The van der Waals surface area contributed by atoms with E-state index in [-0.39, 0.29) is 23.6 Å². The van der Waals surface area contributed by atoms with Gasteiger partial charge in [-0.2, -0.15) is 4.98 Å². The molecule has 28 heavy (non-hydrogen) atoms. The molecule has 2 aromatic rings. The second-order valence-corrected chi connectivity index (χ2v) is 6.85. The maximum absolute atomic E-state index is 12.1. The van der Waals surface area contributed by atoms with Crippen molar-refractivity contribution in [3.05, 3.63) is 22.6 Å². The second-order valence-electron chi connectivity index (χ2n) is 6.03. The molecule has 0 bridgehead atoms. The number of hydrogen-bond acceptors (Lipinski definition) is 8. The van der Waals surface area contributed by atoms with Gasteiger partial charge in [0.1, 0.15) is 0 Å². The first-order valence-electron chi connectivity index (χ1n) is 8.09. The summed E-state index contributed by atoms with van der Waals surface area (Å²) in [6, 6.07) is 1.47. The molecule has 0 saturated carbocycles. The van der Waals surface area contributed by atoms with Crippen molar-refractivity contribution < 1.29 is 24.8 Å². The van der Waals surface area contributed by atoms with Gasteiger partial charge in [0.05, 0.1) is 24.2 Å². The molecule has 0 saturated heterocycles. The van der Waals surface area contributed by atoms with Crippen LogP contribution in [0.25, 0.3) is 11.0 Å². The number of nitrogen functional groups attached to an aromatic ring is 1. The number of fused-ring (bicyclic) bond motifs is 1. The van der Waals surface area contributed by atoms with Crippen LogP contribution in [0.1, 0.15) is 20.1 Å². The van der Waals surface area contributed by atoms with Crippen molar-refractivity contribution in [2.45, 2.75) is 43.6 Å². The summed E-state index contributed by atoms with van der Waals surface area (Å²) < 4.78 is 12.0. The van der Waals surface area contributed by atoms with E-state index in [4.69, 9.17) is 48.6 Å². The topological polar surface area (TPSA) is 156 Å². The third kappa shape index (κ3) is 4.76. The molecule has 2 rings (SSSR count). The number of nitrogens with one attached hydrogen (secondary N) is 1. The fraction of sp³-hybridized carbons (Fsp3) is 0.500. The van der Waals surface area contributed by atoms with E-state index in [0.717, 1.165) is 0 Å². The molecule has 2 heterocycles. The van der Waals surface area contributed by atoms with E-state index in [1.165, 1.54) is 30.7 Å². The molecular formula is C16H20Cl2N4O6. The van der Waals surface area contributed by atoms with Gasteiger partial charge in [0.2, 0.25) is 5.95 Å². The molecule has 2 aromatic heterocycles. The van der Waals surface area contributed by atoms with Crippen molar-refractivity contribution in [3.63, 3.8) is 0 Å². The van der Waals surface area contributed by atoms with E-state index in [2.05, 4.69) is 21.3 Å². The highest BCUT2D eigenvalue weighted by Gasteiger charge is 2.43. The Kier molecular flexibility index (Phi) is 7.30. The van der Waals surface area contributed by atoms with Gasteiger partial charge in [-0.25, -0.2) is 0 Å². The second kappa shape index (κ2) is 9.11. The minimum Gasteiger partial charge on any atom is -0.390 e. The van der Waals surface area contributed by atoms with E-state index < -0.39 is 35.3 Å². The van der Waals surface area contributed by atoms with Crippen LogP contribution in [0.2, 0.25) is 0 Å². The number of ether oxygens (including phenoxy) is 2.